The highest BCUT2D eigenvalue weighted by Gasteiger charge is 2.30. The van der Waals surface area contributed by atoms with Gasteiger partial charge in [-0.1, -0.05) is 49.4 Å². The van der Waals surface area contributed by atoms with E-state index in [1.807, 2.05) is 63.2 Å². The normalized spacial score (nSPS) is 13.2. The van der Waals surface area contributed by atoms with Crippen LogP contribution in [-0.2, 0) is 26.2 Å². The van der Waals surface area contributed by atoms with Gasteiger partial charge in [-0.25, -0.2) is 8.42 Å². The third-order valence-corrected chi connectivity index (χ3v) is 6.80. The van der Waals surface area contributed by atoms with Crippen LogP contribution in [-0.4, -0.2) is 50.0 Å². The van der Waals surface area contributed by atoms with E-state index in [-0.39, 0.29) is 18.5 Å². The third kappa shape index (κ3) is 7.32. The minimum Gasteiger partial charge on any atom is -0.352 e. The summed E-state index contributed by atoms with van der Waals surface area (Å²) in [7, 11) is -3.74. The van der Waals surface area contributed by atoms with Crippen molar-refractivity contribution in [3.63, 3.8) is 0 Å². The summed E-state index contributed by atoms with van der Waals surface area (Å²) < 4.78 is 26.5. The monoisotopic (exact) mass is 473 g/mol. The molecule has 2 aromatic carbocycles. The topological polar surface area (TPSA) is 86.8 Å². The molecular weight excluding hydrogens is 438 g/mol. The van der Waals surface area contributed by atoms with Gasteiger partial charge in [0.2, 0.25) is 21.8 Å². The van der Waals surface area contributed by atoms with E-state index in [9.17, 15) is 18.0 Å². The molecule has 0 radical (unpaired) electrons. The Hall–Kier alpha value is -2.87. The Kier molecular flexibility index (Phi) is 9.05. The van der Waals surface area contributed by atoms with Crippen LogP contribution >= 0.6 is 0 Å². The van der Waals surface area contributed by atoms with Crippen molar-refractivity contribution >= 4 is 27.5 Å². The number of sulfonamides is 1. The van der Waals surface area contributed by atoms with Gasteiger partial charge in [0.1, 0.15) is 12.6 Å². The van der Waals surface area contributed by atoms with E-state index in [1.54, 1.807) is 19.9 Å². The Labute approximate surface area is 197 Å². The van der Waals surface area contributed by atoms with Gasteiger partial charge in [0.05, 0.1) is 11.9 Å². The van der Waals surface area contributed by atoms with Crippen molar-refractivity contribution in [2.45, 2.75) is 59.7 Å². The van der Waals surface area contributed by atoms with Crippen molar-refractivity contribution in [2.24, 2.45) is 0 Å². The highest BCUT2D eigenvalue weighted by Crippen LogP contribution is 2.24. The van der Waals surface area contributed by atoms with Crippen LogP contribution in [0.3, 0.4) is 0 Å². The second kappa shape index (κ2) is 11.3. The fourth-order valence-corrected chi connectivity index (χ4v) is 4.31. The van der Waals surface area contributed by atoms with Crippen LogP contribution in [0.2, 0.25) is 0 Å². The van der Waals surface area contributed by atoms with E-state index < -0.39 is 28.5 Å². The van der Waals surface area contributed by atoms with Crippen LogP contribution < -0.4 is 9.62 Å². The maximum atomic E-state index is 13.5. The molecule has 2 aromatic rings. The zero-order valence-corrected chi connectivity index (χ0v) is 21.1. The highest BCUT2D eigenvalue weighted by molar-refractivity contribution is 7.92. The Bertz CT molecular complexity index is 1070. The van der Waals surface area contributed by atoms with Crippen molar-refractivity contribution in [3.05, 3.63) is 65.2 Å². The van der Waals surface area contributed by atoms with E-state index in [4.69, 9.17) is 0 Å². The molecular formula is C25H35N3O4S. The van der Waals surface area contributed by atoms with Crippen LogP contribution in [0.25, 0.3) is 0 Å². The fraction of sp³-hybridized carbons (Fsp3) is 0.440. The van der Waals surface area contributed by atoms with Crippen molar-refractivity contribution < 1.29 is 18.0 Å². The van der Waals surface area contributed by atoms with Gasteiger partial charge in [-0.2, -0.15) is 0 Å². The Morgan fingerprint density at radius 3 is 2.24 bits per heavy atom. The van der Waals surface area contributed by atoms with Crippen molar-refractivity contribution in [2.75, 3.05) is 17.1 Å². The molecule has 180 valence electrons. The van der Waals surface area contributed by atoms with Crippen LogP contribution in [0.1, 0.15) is 43.9 Å². The molecule has 7 nitrogen and oxygen atoms in total. The summed E-state index contributed by atoms with van der Waals surface area (Å²) >= 11 is 0. The minimum atomic E-state index is -3.74. The molecule has 0 spiro atoms. The third-order valence-electron chi connectivity index (χ3n) is 5.68. The van der Waals surface area contributed by atoms with Gasteiger partial charge in [-0.3, -0.25) is 13.9 Å². The summed E-state index contributed by atoms with van der Waals surface area (Å²) in [5, 5.41) is 2.92. The first kappa shape index (κ1) is 26.4. The minimum absolute atomic E-state index is 0.0314. The first-order valence-corrected chi connectivity index (χ1v) is 13.0. The van der Waals surface area contributed by atoms with E-state index in [0.29, 0.717) is 5.69 Å². The molecule has 2 atom stereocenters. The molecule has 0 aliphatic carbocycles. The Balaban J connectivity index is 2.40. The number of hydrogen-bond acceptors (Lipinski definition) is 4. The first-order chi connectivity index (χ1) is 15.4. The molecule has 0 fully saturated rings. The Morgan fingerprint density at radius 1 is 1.03 bits per heavy atom. The molecule has 0 aliphatic heterocycles. The number of benzene rings is 2. The molecule has 0 aromatic heterocycles. The number of carbonyl (C=O) groups excluding carboxylic acids is 2. The van der Waals surface area contributed by atoms with Crippen LogP contribution in [0.15, 0.2) is 48.5 Å². The lowest BCUT2D eigenvalue weighted by atomic mass is 10.1. The molecule has 8 heteroatoms. The summed E-state index contributed by atoms with van der Waals surface area (Å²) in [4.78, 5) is 27.8. The van der Waals surface area contributed by atoms with Gasteiger partial charge < -0.3 is 10.2 Å². The molecule has 0 unspecified atom stereocenters. The second-order valence-corrected chi connectivity index (χ2v) is 10.5. The molecule has 1 N–H and O–H groups in total. The lowest BCUT2D eigenvalue weighted by Crippen LogP contribution is -2.52. The smallest absolute Gasteiger partial charge is 0.244 e. The molecule has 2 amide bonds. The van der Waals surface area contributed by atoms with Gasteiger partial charge in [-0.15, -0.1) is 0 Å². The molecule has 2 rings (SSSR count). The molecule has 0 saturated heterocycles. The SMILES string of the molecule is CC[C@@H](C)NC(=O)[C@@H](C)N(Cc1ccccc1)C(=O)CN(c1cc(C)ccc1C)S(C)(=O)=O. The van der Waals surface area contributed by atoms with Gasteiger partial charge in [0.15, 0.2) is 0 Å². The summed E-state index contributed by atoms with van der Waals surface area (Å²) in [6.07, 6.45) is 1.85. The summed E-state index contributed by atoms with van der Waals surface area (Å²) in [5.74, 6) is -0.719. The Morgan fingerprint density at radius 2 is 1.67 bits per heavy atom. The first-order valence-electron chi connectivity index (χ1n) is 11.1. The molecule has 0 bridgehead atoms. The number of aryl methyl sites for hydroxylation is 2. The quantitative estimate of drug-likeness (QED) is 0.573. The standard InChI is InChI=1S/C25H35N3O4S/c1-7-20(4)26-25(30)21(5)27(16-22-11-9-8-10-12-22)24(29)17-28(33(6,31)32)23-15-18(2)13-14-19(23)3/h8-15,20-21H,7,16-17H2,1-6H3,(H,26,30)/t20-,21-/m1/s1. The zero-order valence-electron chi connectivity index (χ0n) is 20.3. The predicted molar refractivity (Wildman–Crippen MR) is 132 cm³/mol. The molecule has 33 heavy (non-hydrogen) atoms. The van der Waals surface area contributed by atoms with Crippen LogP contribution in [0, 0.1) is 13.8 Å². The van der Waals surface area contributed by atoms with Crippen LogP contribution in [0.5, 0.6) is 0 Å². The predicted octanol–water partition coefficient (Wildman–Crippen LogP) is 3.40. The van der Waals surface area contributed by atoms with Gasteiger partial charge in [-0.05, 0) is 56.9 Å². The molecule has 0 aliphatic rings. The number of anilines is 1. The van der Waals surface area contributed by atoms with Crippen molar-refractivity contribution in [1.82, 2.24) is 10.2 Å². The van der Waals surface area contributed by atoms with Gasteiger partial charge in [0, 0.05) is 12.6 Å². The average Bonchev–Trinajstić information content (AvgIpc) is 2.76. The highest BCUT2D eigenvalue weighted by atomic mass is 32.2. The van der Waals surface area contributed by atoms with Gasteiger partial charge in [0.25, 0.3) is 0 Å². The van der Waals surface area contributed by atoms with Gasteiger partial charge >= 0.3 is 0 Å². The molecule has 0 saturated carbocycles. The summed E-state index contributed by atoms with van der Waals surface area (Å²) in [6.45, 7) is 9.02. The summed E-state index contributed by atoms with van der Waals surface area (Å²) in [5.41, 5.74) is 2.95. The number of hydrogen-bond donors (Lipinski definition) is 1. The van der Waals surface area contributed by atoms with Crippen LogP contribution in [0.4, 0.5) is 5.69 Å². The second-order valence-electron chi connectivity index (χ2n) is 8.56. The maximum Gasteiger partial charge on any atom is 0.244 e. The van der Waals surface area contributed by atoms with E-state index in [1.165, 1.54) is 4.90 Å². The maximum absolute atomic E-state index is 13.5. The number of nitrogens with one attached hydrogen (secondary N) is 1. The van der Waals surface area contributed by atoms with Crippen molar-refractivity contribution in [1.29, 1.82) is 0 Å². The average molecular weight is 474 g/mol. The largest absolute Gasteiger partial charge is 0.352 e. The number of amides is 2. The lowest BCUT2D eigenvalue weighted by Gasteiger charge is -2.32. The number of rotatable bonds is 10. The zero-order chi connectivity index (χ0) is 24.8. The molecule has 0 heterocycles. The fourth-order valence-electron chi connectivity index (χ4n) is 3.41. The van der Waals surface area contributed by atoms with E-state index >= 15 is 0 Å². The van der Waals surface area contributed by atoms with E-state index in [0.717, 1.165) is 33.7 Å². The van der Waals surface area contributed by atoms with Crippen molar-refractivity contribution in [3.8, 4) is 0 Å². The number of nitrogens with zero attached hydrogens (tertiary/aromatic N) is 2. The van der Waals surface area contributed by atoms with E-state index in [2.05, 4.69) is 5.32 Å². The lowest BCUT2D eigenvalue weighted by molar-refractivity contribution is -0.139. The number of carbonyl (C=O) groups is 2. The summed E-state index contributed by atoms with van der Waals surface area (Å²) in [6, 6.07) is 14.0.